The second kappa shape index (κ2) is 10.4. The van der Waals surface area contributed by atoms with Gasteiger partial charge >= 0.3 is 0 Å². The fourth-order valence-corrected chi connectivity index (χ4v) is 2.82. The SMILES string of the molecule is CCSCCCNCCCN1CCCCC1. The van der Waals surface area contributed by atoms with Crippen LogP contribution in [0.25, 0.3) is 0 Å². The first-order valence-electron chi connectivity index (χ1n) is 6.94. The number of nitrogens with zero attached hydrogens (tertiary/aromatic N) is 1. The average Bonchev–Trinajstić information content (AvgIpc) is 2.34. The van der Waals surface area contributed by atoms with Gasteiger partial charge in [0.1, 0.15) is 0 Å². The Kier molecular flexibility index (Phi) is 9.34. The highest BCUT2D eigenvalue weighted by molar-refractivity contribution is 7.99. The maximum absolute atomic E-state index is 3.54. The Morgan fingerprint density at radius 1 is 1.06 bits per heavy atom. The molecular formula is C13H28N2S. The number of thioether (sulfide) groups is 1. The first-order chi connectivity index (χ1) is 7.93. The Bertz CT molecular complexity index is 147. The molecule has 0 saturated carbocycles. The van der Waals surface area contributed by atoms with Crippen LogP contribution in [0.1, 0.15) is 39.0 Å². The van der Waals surface area contributed by atoms with Gasteiger partial charge in [0.2, 0.25) is 0 Å². The minimum Gasteiger partial charge on any atom is -0.317 e. The first-order valence-corrected chi connectivity index (χ1v) is 8.09. The van der Waals surface area contributed by atoms with Crippen molar-refractivity contribution in [2.24, 2.45) is 0 Å². The van der Waals surface area contributed by atoms with Crippen molar-refractivity contribution in [1.29, 1.82) is 0 Å². The molecule has 0 unspecified atom stereocenters. The molecule has 2 nitrogen and oxygen atoms in total. The summed E-state index contributed by atoms with van der Waals surface area (Å²) in [7, 11) is 0. The van der Waals surface area contributed by atoms with Gasteiger partial charge in [-0.25, -0.2) is 0 Å². The molecule has 0 spiro atoms. The molecule has 96 valence electrons. The zero-order valence-electron chi connectivity index (χ0n) is 10.8. The van der Waals surface area contributed by atoms with E-state index in [-0.39, 0.29) is 0 Å². The van der Waals surface area contributed by atoms with Crippen LogP contribution in [0.2, 0.25) is 0 Å². The molecule has 1 aliphatic heterocycles. The van der Waals surface area contributed by atoms with Crippen molar-refractivity contribution in [3.8, 4) is 0 Å². The van der Waals surface area contributed by atoms with Crippen LogP contribution in [0.4, 0.5) is 0 Å². The first kappa shape index (κ1) is 14.3. The molecule has 0 aromatic carbocycles. The molecule has 1 saturated heterocycles. The van der Waals surface area contributed by atoms with Crippen molar-refractivity contribution < 1.29 is 0 Å². The van der Waals surface area contributed by atoms with E-state index in [0.29, 0.717) is 0 Å². The van der Waals surface area contributed by atoms with E-state index in [4.69, 9.17) is 0 Å². The fraction of sp³-hybridized carbons (Fsp3) is 1.00. The topological polar surface area (TPSA) is 15.3 Å². The normalized spacial score (nSPS) is 17.8. The van der Waals surface area contributed by atoms with Crippen LogP contribution in [-0.4, -0.2) is 49.1 Å². The fourth-order valence-electron chi connectivity index (χ4n) is 2.18. The average molecular weight is 244 g/mol. The molecule has 1 N–H and O–H groups in total. The summed E-state index contributed by atoms with van der Waals surface area (Å²) < 4.78 is 0. The minimum absolute atomic E-state index is 1.20. The van der Waals surface area contributed by atoms with E-state index in [9.17, 15) is 0 Å². The lowest BCUT2D eigenvalue weighted by atomic mass is 10.1. The molecule has 0 radical (unpaired) electrons. The lowest BCUT2D eigenvalue weighted by molar-refractivity contribution is 0.226. The van der Waals surface area contributed by atoms with Gasteiger partial charge in [0.15, 0.2) is 0 Å². The molecule has 16 heavy (non-hydrogen) atoms. The highest BCUT2D eigenvalue weighted by Gasteiger charge is 2.08. The number of hydrogen-bond donors (Lipinski definition) is 1. The molecule has 1 fully saturated rings. The quantitative estimate of drug-likeness (QED) is 0.628. The predicted molar refractivity (Wildman–Crippen MR) is 75.4 cm³/mol. The van der Waals surface area contributed by atoms with Gasteiger partial charge in [0, 0.05) is 0 Å². The Hall–Kier alpha value is 0.270. The van der Waals surface area contributed by atoms with Crippen LogP contribution in [0.15, 0.2) is 0 Å². The second-order valence-corrected chi connectivity index (χ2v) is 5.95. The van der Waals surface area contributed by atoms with Crippen LogP contribution >= 0.6 is 11.8 Å². The van der Waals surface area contributed by atoms with Crippen LogP contribution < -0.4 is 5.32 Å². The number of nitrogens with one attached hydrogen (secondary N) is 1. The Labute approximate surface area is 106 Å². The monoisotopic (exact) mass is 244 g/mol. The van der Waals surface area contributed by atoms with E-state index in [1.165, 1.54) is 76.3 Å². The molecule has 0 amide bonds. The summed E-state index contributed by atoms with van der Waals surface area (Å²) in [5.74, 6) is 2.57. The van der Waals surface area contributed by atoms with Crippen LogP contribution in [0.5, 0.6) is 0 Å². The molecule has 1 heterocycles. The Balaban J connectivity index is 1.77. The lowest BCUT2D eigenvalue weighted by Crippen LogP contribution is -2.32. The van der Waals surface area contributed by atoms with Crippen molar-refractivity contribution >= 4 is 11.8 Å². The summed E-state index contributed by atoms with van der Waals surface area (Å²) in [6.45, 7) is 8.62. The maximum atomic E-state index is 3.54. The molecule has 1 rings (SSSR count). The van der Waals surface area contributed by atoms with Crippen molar-refractivity contribution in [2.45, 2.75) is 39.0 Å². The van der Waals surface area contributed by atoms with Gasteiger partial charge < -0.3 is 10.2 Å². The maximum Gasteiger partial charge on any atom is -0.000664 e. The second-order valence-electron chi connectivity index (χ2n) is 4.56. The van der Waals surface area contributed by atoms with Gasteiger partial charge in [-0.2, -0.15) is 11.8 Å². The highest BCUT2D eigenvalue weighted by Crippen LogP contribution is 2.08. The minimum atomic E-state index is 1.20. The number of piperidine rings is 1. The van der Waals surface area contributed by atoms with Gasteiger partial charge in [-0.1, -0.05) is 13.3 Å². The van der Waals surface area contributed by atoms with Gasteiger partial charge in [-0.05, 0) is 69.9 Å². The summed E-state index contributed by atoms with van der Waals surface area (Å²) in [6.07, 6.45) is 6.93. The van der Waals surface area contributed by atoms with E-state index < -0.39 is 0 Å². The van der Waals surface area contributed by atoms with E-state index in [1.54, 1.807) is 0 Å². The zero-order valence-corrected chi connectivity index (χ0v) is 11.7. The van der Waals surface area contributed by atoms with Crippen molar-refractivity contribution in [3.05, 3.63) is 0 Å². The molecule has 0 bridgehead atoms. The van der Waals surface area contributed by atoms with Crippen molar-refractivity contribution in [2.75, 3.05) is 44.2 Å². The number of likely N-dealkylation sites (tertiary alicyclic amines) is 1. The van der Waals surface area contributed by atoms with E-state index in [1.807, 2.05) is 11.8 Å². The summed E-state index contributed by atoms with van der Waals surface area (Å²) in [6, 6.07) is 0. The number of rotatable bonds is 9. The largest absolute Gasteiger partial charge is 0.317 e. The van der Waals surface area contributed by atoms with Gasteiger partial charge in [0.05, 0.1) is 0 Å². The summed E-state index contributed by atoms with van der Waals surface area (Å²) >= 11 is 2.05. The lowest BCUT2D eigenvalue weighted by Gasteiger charge is -2.26. The third-order valence-electron chi connectivity index (χ3n) is 3.12. The molecule has 0 aromatic heterocycles. The molecule has 1 aliphatic rings. The molecule has 0 aromatic rings. The highest BCUT2D eigenvalue weighted by atomic mass is 32.2. The zero-order chi connectivity index (χ0) is 11.5. The van der Waals surface area contributed by atoms with Gasteiger partial charge in [0.25, 0.3) is 0 Å². The van der Waals surface area contributed by atoms with Crippen molar-refractivity contribution in [1.82, 2.24) is 10.2 Å². The summed E-state index contributed by atoms with van der Waals surface area (Å²) in [5, 5.41) is 3.54. The van der Waals surface area contributed by atoms with Gasteiger partial charge in [-0.3, -0.25) is 0 Å². The summed E-state index contributed by atoms with van der Waals surface area (Å²) in [5.41, 5.74) is 0. The molecule has 3 heteroatoms. The Morgan fingerprint density at radius 3 is 2.56 bits per heavy atom. The molecular weight excluding hydrogens is 216 g/mol. The third-order valence-corrected chi connectivity index (χ3v) is 4.11. The van der Waals surface area contributed by atoms with E-state index in [0.717, 1.165) is 0 Å². The molecule has 0 aliphatic carbocycles. The Morgan fingerprint density at radius 2 is 1.81 bits per heavy atom. The number of hydrogen-bond acceptors (Lipinski definition) is 3. The third kappa shape index (κ3) is 7.53. The van der Waals surface area contributed by atoms with Crippen molar-refractivity contribution in [3.63, 3.8) is 0 Å². The summed E-state index contributed by atoms with van der Waals surface area (Å²) in [4.78, 5) is 2.62. The smallest absolute Gasteiger partial charge is 0.000664 e. The van der Waals surface area contributed by atoms with Gasteiger partial charge in [-0.15, -0.1) is 0 Å². The van der Waals surface area contributed by atoms with Crippen LogP contribution in [-0.2, 0) is 0 Å². The standard InChI is InChI=1S/C13H28N2S/c1-2-16-13-7-9-14-8-6-12-15-10-4-3-5-11-15/h14H,2-13H2,1H3. The predicted octanol–water partition coefficient (Wildman–Crippen LogP) is 2.60. The van der Waals surface area contributed by atoms with Crippen LogP contribution in [0.3, 0.4) is 0 Å². The van der Waals surface area contributed by atoms with E-state index in [2.05, 4.69) is 17.1 Å². The van der Waals surface area contributed by atoms with E-state index >= 15 is 0 Å². The molecule has 0 atom stereocenters. The van der Waals surface area contributed by atoms with Crippen LogP contribution in [0, 0.1) is 0 Å².